The first-order valence-corrected chi connectivity index (χ1v) is 14.9. The quantitative estimate of drug-likeness (QED) is 0.267. The van der Waals surface area contributed by atoms with Crippen LogP contribution >= 0.6 is 0 Å². The van der Waals surface area contributed by atoms with Gasteiger partial charge >= 0.3 is 5.97 Å². The number of fused-ring (bicyclic) bond motifs is 5. The maximum Gasteiger partial charge on any atom is 0.302 e. The molecule has 0 spiro atoms. The summed E-state index contributed by atoms with van der Waals surface area (Å²) < 4.78 is 5.86. The highest BCUT2D eigenvalue weighted by Gasteiger charge is 2.61. The third-order valence-corrected chi connectivity index (χ3v) is 12.2. The van der Waals surface area contributed by atoms with Crippen molar-refractivity contribution in [3.63, 3.8) is 0 Å². The average Bonchev–Trinajstić information content (AvgIpc) is 3.13. The molecule has 2 heteroatoms. The highest BCUT2D eigenvalue weighted by atomic mass is 16.5. The molecule has 0 aliphatic heterocycles. The van der Waals surface area contributed by atoms with Crippen LogP contribution in [0, 0.1) is 51.8 Å². The molecule has 0 heterocycles. The molecule has 0 unspecified atom stereocenters. The number of carbonyl (C=O) groups excluding carboxylic acids is 1. The molecular formula is C33H54O2. The molecule has 0 aromatic rings. The zero-order chi connectivity index (χ0) is 25.8. The van der Waals surface area contributed by atoms with Gasteiger partial charge in [-0.25, -0.2) is 0 Å². The van der Waals surface area contributed by atoms with Crippen LogP contribution in [0.3, 0.4) is 0 Å². The summed E-state index contributed by atoms with van der Waals surface area (Å²) in [5, 5.41) is 0. The Hall–Kier alpha value is -1.05. The van der Waals surface area contributed by atoms with E-state index in [-0.39, 0.29) is 17.5 Å². The Labute approximate surface area is 216 Å². The lowest BCUT2D eigenvalue weighted by Gasteiger charge is -2.62. The Kier molecular flexibility index (Phi) is 7.47. The van der Waals surface area contributed by atoms with Gasteiger partial charge < -0.3 is 4.74 Å². The average molecular weight is 483 g/mol. The summed E-state index contributed by atoms with van der Waals surface area (Å²) in [4.78, 5) is 11.8. The first kappa shape index (κ1) is 27.0. The zero-order valence-corrected chi connectivity index (χ0v) is 24.2. The highest BCUT2D eigenvalue weighted by molar-refractivity contribution is 5.66. The minimum Gasteiger partial charge on any atom is -0.462 e. The number of rotatable bonds is 7. The van der Waals surface area contributed by atoms with E-state index in [0.717, 1.165) is 36.5 Å². The van der Waals surface area contributed by atoms with Gasteiger partial charge in [0.15, 0.2) is 0 Å². The minimum absolute atomic E-state index is 0.0350. The predicted molar refractivity (Wildman–Crippen MR) is 147 cm³/mol. The van der Waals surface area contributed by atoms with Crippen LogP contribution in [0.2, 0.25) is 0 Å². The largest absolute Gasteiger partial charge is 0.462 e. The van der Waals surface area contributed by atoms with E-state index in [2.05, 4.69) is 61.1 Å². The fourth-order valence-electron chi connectivity index (χ4n) is 10.1. The van der Waals surface area contributed by atoms with Crippen LogP contribution in [-0.4, -0.2) is 12.1 Å². The van der Waals surface area contributed by atoms with Crippen LogP contribution in [-0.2, 0) is 9.53 Å². The van der Waals surface area contributed by atoms with Gasteiger partial charge in [-0.3, -0.25) is 4.79 Å². The van der Waals surface area contributed by atoms with Gasteiger partial charge in [0.25, 0.3) is 0 Å². The van der Waals surface area contributed by atoms with Crippen molar-refractivity contribution in [3.8, 4) is 0 Å². The second kappa shape index (κ2) is 9.68. The summed E-state index contributed by atoms with van der Waals surface area (Å²) in [6, 6.07) is 0. The summed E-state index contributed by atoms with van der Waals surface area (Å²) in [5.41, 5.74) is 4.05. The van der Waals surface area contributed by atoms with Gasteiger partial charge in [0.05, 0.1) is 0 Å². The second-order valence-corrected chi connectivity index (χ2v) is 14.3. The molecular weight excluding hydrogens is 428 g/mol. The molecule has 9 atom stereocenters. The molecule has 4 aliphatic carbocycles. The van der Waals surface area contributed by atoms with Gasteiger partial charge in [0, 0.05) is 12.3 Å². The normalized spacial score (nSPS) is 41.6. The van der Waals surface area contributed by atoms with Gasteiger partial charge in [0.1, 0.15) is 6.10 Å². The summed E-state index contributed by atoms with van der Waals surface area (Å²) in [5.74, 6) is 4.34. The van der Waals surface area contributed by atoms with E-state index in [1.807, 2.05) is 5.57 Å². The number of esters is 1. The minimum atomic E-state index is -0.119. The Morgan fingerprint density at radius 3 is 2.31 bits per heavy atom. The monoisotopic (exact) mass is 482 g/mol. The number of hydrogen-bond acceptors (Lipinski definition) is 2. The topological polar surface area (TPSA) is 26.3 Å². The van der Waals surface area contributed by atoms with Crippen molar-refractivity contribution >= 4 is 5.97 Å². The first-order valence-electron chi connectivity index (χ1n) is 14.9. The summed E-state index contributed by atoms with van der Waals surface area (Å²) in [7, 11) is 0. The van der Waals surface area contributed by atoms with Gasteiger partial charge in [-0.1, -0.05) is 65.3 Å². The molecule has 4 aliphatic rings. The number of carbonyl (C=O) groups is 1. The van der Waals surface area contributed by atoms with E-state index in [9.17, 15) is 4.79 Å². The van der Waals surface area contributed by atoms with E-state index in [1.54, 1.807) is 6.92 Å². The third kappa shape index (κ3) is 4.48. The molecule has 0 aromatic carbocycles. The molecule has 198 valence electrons. The molecule has 0 aromatic heterocycles. The fourth-order valence-corrected chi connectivity index (χ4v) is 10.1. The Morgan fingerprint density at radius 1 is 1.03 bits per heavy atom. The maximum atomic E-state index is 11.8. The molecule has 0 bridgehead atoms. The van der Waals surface area contributed by atoms with Crippen LogP contribution in [0.25, 0.3) is 0 Å². The molecule has 0 N–H and O–H groups in total. The van der Waals surface area contributed by atoms with Crippen molar-refractivity contribution in [3.05, 3.63) is 23.8 Å². The molecule has 4 rings (SSSR count). The lowest BCUT2D eigenvalue weighted by molar-refractivity contribution is -0.173. The second-order valence-electron chi connectivity index (χ2n) is 14.3. The van der Waals surface area contributed by atoms with Crippen LogP contribution in [0.4, 0.5) is 0 Å². The third-order valence-electron chi connectivity index (χ3n) is 12.2. The van der Waals surface area contributed by atoms with Crippen LogP contribution in [0.1, 0.15) is 120 Å². The fraction of sp³-hybridized carbons (Fsp3) is 0.848. The van der Waals surface area contributed by atoms with Crippen molar-refractivity contribution < 1.29 is 9.53 Å². The van der Waals surface area contributed by atoms with Crippen molar-refractivity contribution in [1.82, 2.24) is 0 Å². The molecule has 35 heavy (non-hydrogen) atoms. The molecule has 3 fully saturated rings. The number of allylic oxidation sites excluding steroid dienone is 3. The van der Waals surface area contributed by atoms with Gasteiger partial charge in [-0.15, -0.1) is 0 Å². The Balaban J connectivity index is 1.53. The van der Waals surface area contributed by atoms with Crippen molar-refractivity contribution in [2.24, 2.45) is 51.8 Å². The summed E-state index contributed by atoms with van der Waals surface area (Å²) in [6.45, 7) is 22.9. The molecule has 0 amide bonds. The predicted octanol–water partition coefficient (Wildman–Crippen LogP) is 9.15. The van der Waals surface area contributed by atoms with E-state index in [1.165, 1.54) is 56.9 Å². The molecule has 0 saturated heterocycles. The number of hydrogen-bond donors (Lipinski definition) is 0. The zero-order valence-electron chi connectivity index (χ0n) is 24.2. The standard InChI is InChI=1S/C33H54O2/c1-10-24(21(2)3)12-11-22(4)26-14-15-27-25-13-16-29-31(6,7)30(35-23(5)34)18-20-33(29,9)28(25)17-19-32(26,27)8/h13,22,24,26-30H,2,10-12,14-20H2,1,3-9H3/t22-,24+,26-,27+,28+,29+,30+,32-,33-/m1/s1. The highest BCUT2D eigenvalue weighted by Crippen LogP contribution is 2.69. The summed E-state index contributed by atoms with van der Waals surface area (Å²) >= 11 is 0. The molecule has 0 radical (unpaired) electrons. The van der Waals surface area contributed by atoms with Gasteiger partial charge in [0.2, 0.25) is 0 Å². The van der Waals surface area contributed by atoms with Crippen molar-refractivity contribution in [2.75, 3.05) is 0 Å². The Bertz CT molecular complexity index is 851. The maximum absolute atomic E-state index is 11.8. The first-order chi connectivity index (χ1) is 16.4. The lowest BCUT2D eigenvalue weighted by Crippen LogP contribution is -2.57. The van der Waals surface area contributed by atoms with Crippen molar-refractivity contribution in [2.45, 2.75) is 126 Å². The summed E-state index contributed by atoms with van der Waals surface area (Å²) in [6.07, 6.45) is 15.6. The van der Waals surface area contributed by atoms with Crippen LogP contribution in [0.15, 0.2) is 23.8 Å². The number of ether oxygens (including phenoxy) is 1. The van der Waals surface area contributed by atoms with E-state index in [0.29, 0.717) is 22.7 Å². The van der Waals surface area contributed by atoms with E-state index in [4.69, 9.17) is 4.74 Å². The molecule has 3 saturated carbocycles. The van der Waals surface area contributed by atoms with Crippen LogP contribution in [0.5, 0.6) is 0 Å². The van der Waals surface area contributed by atoms with Gasteiger partial charge in [-0.2, -0.15) is 0 Å². The SMILES string of the molecule is C=C(C)[C@@H](CC)CC[C@@H](C)[C@H]1CC[C@H]2C3=CC[C@H]4C(C)(C)[C@@H](OC(C)=O)CC[C@]4(C)[C@H]3CC[C@]12C. The Morgan fingerprint density at radius 2 is 1.69 bits per heavy atom. The van der Waals surface area contributed by atoms with E-state index < -0.39 is 0 Å². The lowest BCUT2D eigenvalue weighted by atomic mass is 9.43. The molecule has 2 nitrogen and oxygen atoms in total. The van der Waals surface area contributed by atoms with Crippen LogP contribution < -0.4 is 0 Å². The van der Waals surface area contributed by atoms with Gasteiger partial charge in [-0.05, 0) is 117 Å². The smallest absolute Gasteiger partial charge is 0.302 e. The van der Waals surface area contributed by atoms with Crippen molar-refractivity contribution in [1.29, 1.82) is 0 Å². The van der Waals surface area contributed by atoms with E-state index >= 15 is 0 Å².